The smallest absolute Gasteiger partial charge is 0.276 e. The third kappa shape index (κ3) is 3.74. The SMILES string of the molecule is Cc1c(NC(=O)c2nc(C3CC3)ncc2Nc2cncnc2)c(C(N)=O)nn1C. The molecule has 0 bridgehead atoms. The van der Waals surface area contributed by atoms with Crippen LogP contribution in [0.2, 0.25) is 0 Å². The highest BCUT2D eigenvalue weighted by Gasteiger charge is 2.29. The normalized spacial score (nSPS) is 13.2. The molecule has 0 atom stereocenters. The Bertz CT molecular complexity index is 1090. The van der Waals surface area contributed by atoms with Crippen LogP contribution in [0.5, 0.6) is 0 Å². The summed E-state index contributed by atoms with van der Waals surface area (Å²) in [5.74, 6) is -0.364. The van der Waals surface area contributed by atoms with Crippen molar-refractivity contribution in [2.24, 2.45) is 12.8 Å². The van der Waals surface area contributed by atoms with Crippen molar-refractivity contribution in [1.29, 1.82) is 0 Å². The van der Waals surface area contributed by atoms with Crippen molar-refractivity contribution in [3.8, 4) is 0 Å². The number of carbonyl (C=O) groups is 2. The highest BCUT2D eigenvalue weighted by atomic mass is 16.2. The first kappa shape index (κ1) is 18.5. The Balaban J connectivity index is 1.70. The Morgan fingerprint density at radius 3 is 2.55 bits per heavy atom. The van der Waals surface area contributed by atoms with Gasteiger partial charge < -0.3 is 16.4 Å². The molecule has 4 N–H and O–H groups in total. The molecule has 0 saturated heterocycles. The van der Waals surface area contributed by atoms with Crippen LogP contribution in [0, 0.1) is 6.92 Å². The van der Waals surface area contributed by atoms with E-state index in [0.29, 0.717) is 22.9 Å². The Hall–Kier alpha value is -3.89. The first-order valence-electron chi connectivity index (χ1n) is 8.97. The van der Waals surface area contributed by atoms with Crippen LogP contribution in [0.4, 0.5) is 17.1 Å². The second-order valence-corrected chi connectivity index (χ2v) is 6.77. The van der Waals surface area contributed by atoms with Gasteiger partial charge in [0.15, 0.2) is 11.4 Å². The summed E-state index contributed by atoms with van der Waals surface area (Å²) in [6.45, 7) is 1.73. The van der Waals surface area contributed by atoms with E-state index in [-0.39, 0.29) is 23.0 Å². The van der Waals surface area contributed by atoms with E-state index >= 15 is 0 Å². The van der Waals surface area contributed by atoms with E-state index in [1.54, 1.807) is 32.6 Å². The number of rotatable bonds is 6. The largest absolute Gasteiger partial charge is 0.364 e. The lowest BCUT2D eigenvalue weighted by molar-refractivity contribution is 0.0995. The number of hydrogen-bond donors (Lipinski definition) is 3. The molecule has 0 unspecified atom stereocenters. The van der Waals surface area contributed by atoms with Crippen molar-refractivity contribution in [3.63, 3.8) is 0 Å². The van der Waals surface area contributed by atoms with Crippen molar-refractivity contribution < 1.29 is 9.59 Å². The summed E-state index contributed by atoms with van der Waals surface area (Å²) >= 11 is 0. The van der Waals surface area contributed by atoms with Gasteiger partial charge in [0.1, 0.15) is 12.2 Å². The second kappa shape index (κ2) is 7.26. The van der Waals surface area contributed by atoms with Gasteiger partial charge in [0.05, 0.1) is 41.3 Å². The molecule has 4 rings (SSSR count). The van der Waals surface area contributed by atoms with Crippen LogP contribution in [-0.4, -0.2) is 41.5 Å². The highest BCUT2D eigenvalue weighted by Crippen LogP contribution is 2.38. The molecule has 0 aromatic carbocycles. The number of primary amides is 1. The van der Waals surface area contributed by atoms with Crippen LogP contribution in [0.25, 0.3) is 0 Å². The number of nitrogens with one attached hydrogen (secondary N) is 2. The Kier molecular flexibility index (Phi) is 4.63. The van der Waals surface area contributed by atoms with Gasteiger partial charge in [-0.2, -0.15) is 5.10 Å². The van der Waals surface area contributed by atoms with Gasteiger partial charge in [-0.15, -0.1) is 0 Å². The zero-order chi connectivity index (χ0) is 20.5. The summed E-state index contributed by atoms with van der Waals surface area (Å²) in [6, 6.07) is 0. The minimum absolute atomic E-state index is 0.0132. The van der Waals surface area contributed by atoms with Crippen molar-refractivity contribution in [3.05, 3.63) is 47.8 Å². The van der Waals surface area contributed by atoms with Crippen LogP contribution in [0.3, 0.4) is 0 Å². The van der Waals surface area contributed by atoms with Gasteiger partial charge in [-0.3, -0.25) is 14.3 Å². The fraction of sp³-hybridized carbons (Fsp3) is 0.278. The van der Waals surface area contributed by atoms with E-state index in [1.807, 2.05) is 0 Å². The van der Waals surface area contributed by atoms with Gasteiger partial charge in [-0.05, 0) is 19.8 Å². The second-order valence-electron chi connectivity index (χ2n) is 6.77. The minimum atomic E-state index is -0.731. The number of aromatic nitrogens is 6. The lowest BCUT2D eigenvalue weighted by Gasteiger charge is -2.12. The molecule has 0 spiro atoms. The maximum Gasteiger partial charge on any atom is 0.276 e. The maximum absolute atomic E-state index is 13.1. The molecule has 3 aromatic heterocycles. The predicted molar refractivity (Wildman–Crippen MR) is 104 cm³/mol. The number of carbonyl (C=O) groups excluding carboxylic acids is 2. The fourth-order valence-corrected chi connectivity index (χ4v) is 2.82. The van der Waals surface area contributed by atoms with Gasteiger partial charge >= 0.3 is 0 Å². The average Bonchev–Trinajstić information content (AvgIpc) is 3.52. The summed E-state index contributed by atoms with van der Waals surface area (Å²) < 4.78 is 1.48. The lowest BCUT2D eigenvalue weighted by Crippen LogP contribution is -2.20. The summed E-state index contributed by atoms with van der Waals surface area (Å²) in [6.07, 6.45) is 8.09. The van der Waals surface area contributed by atoms with E-state index in [9.17, 15) is 9.59 Å². The highest BCUT2D eigenvalue weighted by molar-refractivity contribution is 6.10. The zero-order valence-corrected chi connectivity index (χ0v) is 15.9. The van der Waals surface area contributed by atoms with Gasteiger partial charge in [-0.1, -0.05) is 0 Å². The molecule has 29 heavy (non-hydrogen) atoms. The Morgan fingerprint density at radius 1 is 1.17 bits per heavy atom. The molecule has 3 aromatic rings. The van der Waals surface area contributed by atoms with Gasteiger partial charge in [0, 0.05) is 13.0 Å². The van der Waals surface area contributed by atoms with Crippen molar-refractivity contribution in [2.45, 2.75) is 25.7 Å². The Morgan fingerprint density at radius 2 is 1.90 bits per heavy atom. The van der Waals surface area contributed by atoms with E-state index < -0.39 is 11.8 Å². The molecule has 1 aliphatic rings. The summed E-state index contributed by atoms with van der Waals surface area (Å²) in [5, 5.41) is 9.85. The van der Waals surface area contributed by atoms with Crippen LogP contribution in [-0.2, 0) is 7.05 Å². The van der Waals surface area contributed by atoms with E-state index in [2.05, 4.69) is 35.7 Å². The molecule has 0 aliphatic heterocycles. The molecule has 2 amide bonds. The number of nitrogens with two attached hydrogens (primary N) is 1. The van der Waals surface area contributed by atoms with Crippen LogP contribution >= 0.6 is 0 Å². The third-order valence-corrected chi connectivity index (χ3v) is 4.61. The molecule has 3 heterocycles. The van der Waals surface area contributed by atoms with Crippen LogP contribution in [0.15, 0.2) is 24.9 Å². The summed E-state index contributed by atoms with van der Waals surface area (Å²) in [5.41, 5.74) is 7.35. The predicted octanol–water partition coefficient (Wildman–Crippen LogP) is 1.28. The maximum atomic E-state index is 13.1. The van der Waals surface area contributed by atoms with Crippen molar-refractivity contribution >= 4 is 28.9 Å². The number of aryl methyl sites for hydroxylation is 1. The topological polar surface area (TPSA) is 154 Å². The monoisotopic (exact) mass is 393 g/mol. The first-order chi connectivity index (χ1) is 13.9. The molecular weight excluding hydrogens is 374 g/mol. The molecule has 11 heteroatoms. The number of amides is 2. The van der Waals surface area contributed by atoms with E-state index in [4.69, 9.17) is 5.73 Å². The first-order valence-corrected chi connectivity index (χ1v) is 8.97. The number of nitrogens with zero attached hydrogens (tertiary/aromatic N) is 6. The molecule has 1 fully saturated rings. The number of anilines is 3. The van der Waals surface area contributed by atoms with Crippen LogP contribution in [0.1, 0.15) is 51.3 Å². The third-order valence-electron chi connectivity index (χ3n) is 4.61. The summed E-state index contributed by atoms with van der Waals surface area (Å²) in [4.78, 5) is 41.5. The van der Waals surface area contributed by atoms with Crippen molar-refractivity contribution in [2.75, 3.05) is 10.6 Å². The molecule has 1 saturated carbocycles. The van der Waals surface area contributed by atoms with Gasteiger partial charge in [0.2, 0.25) is 0 Å². The molecule has 148 valence electrons. The molecule has 11 nitrogen and oxygen atoms in total. The fourth-order valence-electron chi connectivity index (χ4n) is 2.82. The van der Waals surface area contributed by atoms with Gasteiger partial charge in [-0.25, -0.2) is 19.9 Å². The van der Waals surface area contributed by atoms with Gasteiger partial charge in [0.25, 0.3) is 11.8 Å². The van der Waals surface area contributed by atoms with E-state index in [1.165, 1.54) is 11.0 Å². The van der Waals surface area contributed by atoms with E-state index in [0.717, 1.165) is 12.8 Å². The average molecular weight is 393 g/mol. The van der Waals surface area contributed by atoms with Crippen molar-refractivity contribution in [1.82, 2.24) is 29.7 Å². The quantitative estimate of drug-likeness (QED) is 0.566. The standard InChI is InChI=1S/C18H19N9O2/c1-9-13(15(16(19)28)26-27(9)2)25-18(29)14-12(23-11-5-20-8-21-6-11)7-22-17(24-14)10-3-4-10/h5-8,10,23H,3-4H2,1-2H3,(H2,19,28)(H,25,29). The molecular formula is C18H19N9O2. The minimum Gasteiger partial charge on any atom is -0.364 e. The van der Waals surface area contributed by atoms with Crippen LogP contribution < -0.4 is 16.4 Å². The molecule has 1 aliphatic carbocycles. The molecule has 0 radical (unpaired) electrons. The lowest BCUT2D eigenvalue weighted by atomic mass is 10.2. The summed E-state index contributed by atoms with van der Waals surface area (Å²) in [7, 11) is 1.66. The number of hydrogen-bond acceptors (Lipinski definition) is 8. The Labute approximate surface area is 165 Å². The zero-order valence-electron chi connectivity index (χ0n) is 15.9.